The molecule has 192 valence electrons. The number of hydrogen-bond donors (Lipinski definition) is 3. The van der Waals surface area contributed by atoms with Crippen molar-refractivity contribution in [1.29, 1.82) is 0 Å². The topological polar surface area (TPSA) is 88.2 Å². The predicted molar refractivity (Wildman–Crippen MR) is 141 cm³/mol. The van der Waals surface area contributed by atoms with Crippen molar-refractivity contribution in [3.8, 4) is 0 Å². The Hall–Kier alpha value is -2.58. The fourth-order valence-electron chi connectivity index (χ4n) is 4.76. The van der Waals surface area contributed by atoms with Crippen LogP contribution in [-0.4, -0.2) is 40.9 Å². The summed E-state index contributed by atoms with van der Waals surface area (Å²) in [7, 11) is 2.03. The summed E-state index contributed by atoms with van der Waals surface area (Å²) in [6.07, 6.45) is -1.44. The fourth-order valence-corrected chi connectivity index (χ4v) is 4.76. The number of aliphatic hydroxyl groups is 2. The standard InChI is InChI=1S/C30H38N2O4/c1-20-27(18-32(3)21(2)28(34)24-7-5-4-6-8-24)35-30(26-15-9-22(17-31)10-16-26)36-29(20)25-13-11-23(19-33)12-14-25/h4-16,20-21,27-30,33-34H,17-19,31H2,1-3H3/t20-,21-,27+,28-,29+,30+/m1/s1. The first-order chi connectivity index (χ1) is 17.4. The van der Waals surface area contributed by atoms with Crippen LogP contribution < -0.4 is 5.73 Å². The van der Waals surface area contributed by atoms with Crippen LogP contribution >= 0.6 is 0 Å². The molecule has 6 heteroatoms. The van der Waals surface area contributed by atoms with E-state index in [1.54, 1.807) is 0 Å². The van der Waals surface area contributed by atoms with Crippen molar-refractivity contribution < 1.29 is 19.7 Å². The summed E-state index contributed by atoms with van der Waals surface area (Å²) in [5.74, 6) is 0.0630. The molecule has 3 aromatic rings. The number of nitrogens with zero attached hydrogens (tertiary/aromatic N) is 1. The summed E-state index contributed by atoms with van der Waals surface area (Å²) < 4.78 is 13.1. The highest BCUT2D eigenvalue weighted by molar-refractivity contribution is 5.27. The molecule has 3 aromatic carbocycles. The molecule has 0 amide bonds. The molecule has 6 atom stereocenters. The molecule has 1 fully saturated rings. The molecular formula is C30H38N2O4. The second-order valence-corrected chi connectivity index (χ2v) is 9.80. The molecule has 4 N–H and O–H groups in total. The molecule has 1 saturated heterocycles. The fraction of sp³-hybridized carbons (Fsp3) is 0.400. The Kier molecular flexibility index (Phi) is 8.90. The van der Waals surface area contributed by atoms with Crippen LogP contribution in [0, 0.1) is 5.92 Å². The van der Waals surface area contributed by atoms with Crippen LogP contribution in [-0.2, 0) is 22.6 Å². The third-order valence-electron chi connectivity index (χ3n) is 7.37. The van der Waals surface area contributed by atoms with Crippen LogP contribution in [0.15, 0.2) is 78.9 Å². The Morgan fingerprint density at radius 3 is 2.11 bits per heavy atom. The average molecular weight is 491 g/mol. The smallest absolute Gasteiger partial charge is 0.184 e. The summed E-state index contributed by atoms with van der Waals surface area (Å²) in [4.78, 5) is 2.16. The minimum Gasteiger partial charge on any atom is -0.392 e. The van der Waals surface area contributed by atoms with E-state index in [0.717, 1.165) is 27.8 Å². The molecule has 1 heterocycles. The zero-order valence-corrected chi connectivity index (χ0v) is 21.3. The minimum absolute atomic E-state index is 0.00956. The van der Waals surface area contributed by atoms with Crippen LogP contribution in [0.4, 0.5) is 0 Å². The maximum Gasteiger partial charge on any atom is 0.184 e. The number of likely N-dealkylation sites (N-methyl/N-ethyl adjacent to an activating group) is 1. The zero-order chi connectivity index (χ0) is 25.7. The van der Waals surface area contributed by atoms with E-state index in [4.69, 9.17) is 15.2 Å². The summed E-state index contributed by atoms with van der Waals surface area (Å²) >= 11 is 0. The van der Waals surface area contributed by atoms with Gasteiger partial charge in [0.15, 0.2) is 6.29 Å². The molecule has 0 aliphatic carbocycles. The Morgan fingerprint density at radius 1 is 0.889 bits per heavy atom. The molecule has 0 unspecified atom stereocenters. The third kappa shape index (κ3) is 6.03. The van der Waals surface area contributed by atoms with Crippen molar-refractivity contribution in [2.24, 2.45) is 11.7 Å². The molecule has 36 heavy (non-hydrogen) atoms. The number of rotatable bonds is 9. The van der Waals surface area contributed by atoms with E-state index in [1.807, 2.05) is 92.8 Å². The molecule has 0 spiro atoms. The summed E-state index contributed by atoms with van der Waals surface area (Å²) in [6, 6.07) is 25.6. The average Bonchev–Trinajstić information content (AvgIpc) is 2.93. The van der Waals surface area contributed by atoms with Gasteiger partial charge in [-0.1, -0.05) is 85.8 Å². The highest BCUT2D eigenvalue weighted by Crippen LogP contribution is 2.42. The molecular weight excluding hydrogens is 452 g/mol. The number of benzene rings is 3. The van der Waals surface area contributed by atoms with Crippen molar-refractivity contribution in [3.05, 3.63) is 107 Å². The van der Waals surface area contributed by atoms with E-state index in [9.17, 15) is 10.2 Å². The van der Waals surface area contributed by atoms with Gasteiger partial charge in [-0.05, 0) is 36.2 Å². The molecule has 0 aromatic heterocycles. The Balaban J connectivity index is 1.56. The second kappa shape index (κ2) is 12.1. The number of hydrogen-bond acceptors (Lipinski definition) is 6. The first kappa shape index (κ1) is 26.5. The van der Waals surface area contributed by atoms with Crippen LogP contribution in [0.1, 0.15) is 60.2 Å². The SMILES string of the molecule is C[C@@H]1[C@H](CN(C)[C@H](C)[C@@H](O)c2ccccc2)O[C@H](c2ccc(CN)cc2)O[C@@H]1c1ccc(CO)cc1. The van der Waals surface area contributed by atoms with Gasteiger partial charge in [-0.25, -0.2) is 0 Å². The Labute approximate surface area is 214 Å². The maximum absolute atomic E-state index is 11.0. The van der Waals surface area contributed by atoms with E-state index >= 15 is 0 Å². The maximum atomic E-state index is 11.0. The first-order valence-electron chi connectivity index (χ1n) is 12.6. The Morgan fingerprint density at radius 2 is 1.50 bits per heavy atom. The van der Waals surface area contributed by atoms with E-state index in [1.165, 1.54) is 0 Å². The van der Waals surface area contributed by atoms with E-state index < -0.39 is 12.4 Å². The monoisotopic (exact) mass is 490 g/mol. The number of ether oxygens (including phenoxy) is 2. The van der Waals surface area contributed by atoms with Gasteiger partial charge in [0.05, 0.1) is 24.9 Å². The molecule has 1 aliphatic rings. The molecule has 1 aliphatic heterocycles. The highest BCUT2D eigenvalue weighted by atomic mass is 16.7. The molecule has 0 radical (unpaired) electrons. The van der Waals surface area contributed by atoms with Crippen molar-refractivity contribution in [2.45, 2.75) is 57.6 Å². The van der Waals surface area contributed by atoms with Crippen LogP contribution in [0.2, 0.25) is 0 Å². The third-order valence-corrected chi connectivity index (χ3v) is 7.37. The molecule has 0 saturated carbocycles. The van der Waals surface area contributed by atoms with E-state index in [-0.39, 0.29) is 30.8 Å². The van der Waals surface area contributed by atoms with Crippen molar-refractivity contribution in [2.75, 3.05) is 13.6 Å². The van der Waals surface area contributed by atoms with Gasteiger partial charge >= 0.3 is 0 Å². The van der Waals surface area contributed by atoms with Gasteiger partial charge in [-0.15, -0.1) is 0 Å². The minimum atomic E-state index is -0.604. The van der Waals surface area contributed by atoms with Crippen molar-refractivity contribution >= 4 is 0 Å². The van der Waals surface area contributed by atoms with Gasteiger partial charge in [0.1, 0.15) is 0 Å². The molecule has 6 nitrogen and oxygen atoms in total. The first-order valence-corrected chi connectivity index (χ1v) is 12.6. The largest absolute Gasteiger partial charge is 0.392 e. The second-order valence-electron chi connectivity index (χ2n) is 9.80. The lowest BCUT2D eigenvalue weighted by Gasteiger charge is -2.43. The van der Waals surface area contributed by atoms with Gasteiger partial charge in [-0.2, -0.15) is 0 Å². The lowest BCUT2D eigenvalue weighted by molar-refractivity contribution is -0.276. The highest BCUT2D eigenvalue weighted by Gasteiger charge is 2.39. The quantitative estimate of drug-likeness (QED) is 0.410. The number of aliphatic hydroxyl groups excluding tert-OH is 2. The summed E-state index contributed by atoms with van der Waals surface area (Å²) in [6.45, 7) is 5.32. The van der Waals surface area contributed by atoms with Gasteiger partial charge in [0.25, 0.3) is 0 Å². The van der Waals surface area contributed by atoms with Gasteiger partial charge in [0, 0.05) is 30.6 Å². The Bertz CT molecular complexity index is 1070. The summed E-state index contributed by atoms with van der Waals surface area (Å²) in [5, 5.41) is 20.4. The lowest BCUT2D eigenvalue weighted by atomic mass is 9.89. The van der Waals surface area contributed by atoms with Crippen molar-refractivity contribution in [3.63, 3.8) is 0 Å². The van der Waals surface area contributed by atoms with E-state index in [2.05, 4.69) is 11.8 Å². The van der Waals surface area contributed by atoms with Crippen molar-refractivity contribution in [1.82, 2.24) is 4.90 Å². The van der Waals surface area contributed by atoms with E-state index in [0.29, 0.717) is 13.1 Å². The number of nitrogens with two attached hydrogens (primary N) is 1. The van der Waals surface area contributed by atoms with Crippen LogP contribution in [0.5, 0.6) is 0 Å². The normalized spacial score (nSPS) is 24.0. The molecule has 4 rings (SSSR count). The van der Waals surface area contributed by atoms with Gasteiger partial charge < -0.3 is 25.4 Å². The predicted octanol–water partition coefficient (Wildman–Crippen LogP) is 4.48. The van der Waals surface area contributed by atoms with Gasteiger partial charge in [-0.3, -0.25) is 4.90 Å². The lowest BCUT2D eigenvalue weighted by Crippen LogP contribution is -2.46. The van der Waals surface area contributed by atoms with Crippen LogP contribution in [0.25, 0.3) is 0 Å². The zero-order valence-electron chi connectivity index (χ0n) is 21.3. The van der Waals surface area contributed by atoms with Crippen LogP contribution in [0.3, 0.4) is 0 Å². The summed E-state index contributed by atoms with van der Waals surface area (Å²) in [5.41, 5.74) is 10.6. The molecule has 0 bridgehead atoms. The van der Waals surface area contributed by atoms with Gasteiger partial charge in [0.2, 0.25) is 0 Å².